The van der Waals surface area contributed by atoms with Gasteiger partial charge in [-0.05, 0) is 95.6 Å². The molecule has 0 aliphatic carbocycles. The molecule has 3 spiro atoms. The van der Waals surface area contributed by atoms with Crippen LogP contribution >= 0.6 is 0 Å². The molecule has 0 aromatic heterocycles. The summed E-state index contributed by atoms with van der Waals surface area (Å²) in [6.07, 6.45) is 10.4. The van der Waals surface area contributed by atoms with E-state index in [9.17, 15) is 30.3 Å². The number of aliphatic hydroxyl groups excluding tert-OH is 3. The molecule has 13 heteroatoms. The molecule has 16 atom stereocenters. The number of aliphatic carboxylic acids is 1. The van der Waals surface area contributed by atoms with Crippen LogP contribution in [0.3, 0.4) is 0 Å². The standard InChI is InChI=1S/C43H66O13/c1-25-21-34(55-43(23-25)35(45)13-12-30(53-43)24-40(5,49)39(47)48)26(2)10-11-29-14-18-42(52-29)19-15-33-38(56-42)36(46)28(4)37(51-33)31(44)22-27(3)32-9-8-17-41(54-32)16-6-7-20-50-41/h10-11,23,26-27,29-38,44-46,49H,4,6-9,12-22,24H2,1-3,5H3,(H,47,48)/b11-10+/t26-,27+,29+,30+,31?,32?,33?,34+,35-,36-,37+,38-,40-,41+,42-,43-/m1/s1. The topological polar surface area (TPSA) is 183 Å². The van der Waals surface area contributed by atoms with Crippen LogP contribution in [-0.2, 0) is 38.0 Å². The summed E-state index contributed by atoms with van der Waals surface area (Å²) in [6.45, 7) is 12.3. The third kappa shape index (κ3) is 8.89. The molecule has 7 rings (SSSR count). The van der Waals surface area contributed by atoms with E-state index in [1.165, 1.54) is 6.92 Å². The molecule has 13 nitrogen and oxygen atoms in total. The van der Waals surface area contributed by atoms with Crippen LogP contribution in [0.15, 0.2) is 36.0 Å². The fourth-order valence-electron chi connectivity index (χ4n) is 10.2. The monoisotopic (exact) mass is 790 g/mol. The third-order valence-corrected chi connectivity index (χ3v) is 13.6. The molecule has 0 amide bonds. The van der Waals surface area contributed by atoms with E-state index < -0.39 is 71.7 Å². The third-order valence-electron chi connectivity index (χ3n) is 13.6. The number of carboxylic acids is 1. The highest BCUT2D eigenvalue weighted by molar-refractivity contribution is 5.76. The summed E-state index contributed by atoms with van der Waals surface area (Å²) in [5, 5.41) is 53.9. The Morgan fingerprint density at radius 3 is 2.48 bits per heavy atom. The van der Waals surface area contributed by atoms with Gasteiger partial charge in [-0.25, -0.2) is 4.79 Å². The zero-order valence-electron chi connectivity index (χ0n) is 33.7. The van der Waals surface area contributed by atoms with Gasteiger partial charge < -0.3 is 58.7 Å². The first-order chi connectivity index (χ1) is 26.5. The fourth-order valence-corrected chi connectivity index (χ4v) is 10.2. The fraction of sp³-hybridized carbons (Fsp3) is 0.837. The van der Waals surface area contributed by atoms with E-state index in [0.29, 0.717) is 50.5 Å². The zero-order valence-corrected chi connectivity index (χ0v) is 33.7. The highest BCUT2D eigenvalue weighted by Crippen LogP contribution is 2.47. The Kier molecular flexibility index (Phi) is 12.7. The van der Waals surface area contributed by atoms with Crippen LogP contribution in [0.25, 0.3) is 0 Å². The van der Waals surface area contributed by atoms with Gasteiger partial charge in [0, 0.05) is 38.0 Å². The molecule has 0 aromatic rings. The lowest BCUT2D eigenvalue weighted by Crippen LogP contribution is -2.60. The SMILES string of the molecule is C=C1[C@@H](O)[C@@H]2O[C@@]3(CCC2O[C@@H]1C(O)C[C@H](C)C1CCC[C@]2(CCCCO2)O1)CC[C@H](/C=C/[C@@H](C)[C@@H]1CC(C)=C[C@@]2(O[C@H](C[C@@](C)(O)C(=O)O)CC[C@H]2O)O1)O3. The molecule has 0 radical (unpaired) electrons. The minimum atomic E-state index is -1.96. The summed E-state index contributed by atoms with van der Waals surface area (Å²) in [6, 6.07) is 0. The molecule has 3 unspecified atom stereocenters. The molecule has 7 aliphatic rings. The summed E-state index contributed by atoms with van der Waals surface area (Å²) < 4.78 is 45.0. The van der Waals surface area contributed by atoms with Gasteiger partial charge in [0.1, 0.15) is 24.4 Å². The van der Waals surface area contributed by atoms with Crippen LogP contribution in [0.5, 0.6) is 0 Å². The van der Waals surface area contributed by atoms with Crippen LogP contribution in [0, 0.1) is 11.8 Å². The lowest BCUT2D eigenvalue weighted by atomic mass is 9.82. The van der Waals surface area contributed by atoms with Gasteiger partial charge in [-0.1, -0.05) is 38.2 Å². The smallest absolute Gasteiger partial charge is 0.335 e. The van der Waals surface area contributed by atoms with Gasteiger partial charge >= 0.3 is 5.97 Å². The number of hydrogen-bond donors (Lipinski definition) is 5. The first-order valence-electron chi connectivity index (χ1n) is 21.3. The van der Waals surface area contributed by atoms with Crippen molar-refractivity contribution in [2.45, 2.75) is 208 Å². The van der Waals surface area contributed by atoms with E-state index in [0.717, 1.165) is 57.1 Å². The van der Waals surface area contributed by atoms with E-state index in [1.807, 2.05) is 19.9 Å². The van der Waals surface area contributed by atoms with Crippen molar-refractivity contribution in [1.82, 2.24) is 0 Å². The molecule has 0 aromatic carbocycles. The maximum absolute atomic E-state index is 11.6. The summed E-state index contributed by atoms with van der Waals surface area (Å²) in [4.78, 5) is 11.6. The average Bonchev–Trinajstić information content (AvgIpc) is 3.55. The maximum Gasteiger partial charge on any atom is 0.335 e. The van der Waals surface area contributed by atoms with E-state index in [2.05, 4.69) is 19.6 Å². The highest BCUT2D eigenvalue weighted by atomic mass is 16.7. The number of carboxylic acid groups (broad SMARTS) is 1. The first kappa shape index (κ1) is 42.4. The van der Waals surface area contributed by atoms with Crippen molar-refractivity contribution in [3.8, 4) is 0 Å². The lowest BCUT2D eigenvalue weighted by molar-refractivity contribution is -0.320. The maximum atomic E-state index is 11.6. The van der Waals surface area contributed by atoms with Crippen LogP contribution < -0.4 is 0 Å². The number of carbonyl (C=O) groups is 1. The second kappa shape index (κ2) is 16.7. The minimum Gasteiger partial charge on any atom is -0.479 e. The first-order valence-corrected chi connectivity index (χ1v) is 21.3. The largest absolute Gasteiger partial charge is 0.479 e. The van der Waals surface area contributed by atoms with E-state index >= 15 is 0 Å². The summed E-state index contributed by atoms with van der Waals surface area (Å²) in [5.74, 6) is -4.11. The Morgan fingerprint density at radius 2 is 1.73 bits per heavy atom. The van der Waals surface area contributed by atoms with E-state index in [4.69, 9.17) is 33.2 Å². The van der Waals surface area contributed by atoms with Crippen molar-refractivity contribution in [3.63, 3.8) is 0 Å². The second-order valence-corrected chi connectivity index (χ2v) is 18.3. The van der Waals surface area contributed by atoms with Crippen LogP contribution in [-0.4, -0.2) is 122 Å². The summed E-state index contributed by atoms with van der Waals surface area (Å²) >= 11 is 0. The van der Waals surface area contributed by atoms with Gasteiger partial charge in [0.05, 0.1) is 43.2 Å². The minimum absolute atomic E-state index is 0.00993. The van der Waals surface area contributed by atoms with Gasteiger partial charge in [0.15, 0.2) is 17.2 Å². The zero-order chi connectivity index (χ0) is 40.0. The van der Waals surface area contributed by atoms with Crippen molar-refractivity contribution >= 4 is 5.97 Å². The number of rotatable bonds is 10. The quantitative estimate of drug-likeness (QED) is 0.187. The second-order valence-electron chi connectivity index (χ2n) is 18.3. The van der Waals surface area contributed by atoms with Gasteiger partial charge in [0.2, 0.25) is 5.79 Å². The van der Waals surface area contributed by atoms with Crippen molar-refractivity contribution in [2.24, 2.45) is 11.8 Å². The molecule has 7 aliphatic heterocycles. The van der Waals surface area contributed by atoms with Crippen LogP contribution in [0.1, 0.15) is 124 Å². The molecular weight excluding hydrogens is 724 g/mol. The predicted molar refractivity (Wildman–Crippen MR) is 203 cm³/mol. The number of fused-ring (bicyclic) bond motifs is 1. The molecule has 0 bridgehead atoms. The number of aliphatic hydroxyl groups is 4. The van der Waals surface area contributed by atoms with Crippen LogP contribution in [0.4, 0.5) is 0 Å². The Bertz CT molecular complexity index is 1470. The Morgan fingerprint density at radius 1 is 0.964 bits per heavy atom. The van der Waals surface area contributed by atoms with Crippen LogP contribution in [0.2, 0.25) is 0 Å². The normalized spacial score (nSPS) is 44.7. The molecule has 5 N–H and O–H groups in total. The summed E-state index contributed by atoms with van der Waals surface area (Å²) in [7, 11) is 0. The van der Waals surface area contributed by atoms with Crippen molar-refractivity contribution in [2.75, 3.05) is 6.61 Å². The summed E-state index contributed by atoms with van der Waals surface area (Å²) in [5.41, 5.74) is -0.548. The molecule has 7 heterocycles. The highest BCUT2D eigenvalue weighted by Gasteiger charge is 2.54. The lowest BCUT2D eigenvalue weighted by Gasteiger charge is -2.50. The molecule has 0 saturated carbocycles. The number of hydrogen-bond acceptors (Lipinski definition) is 12. The van der Waals surface area contributed by atoms with Gasteiger partial charge in [-0.3, -0.25) is 0 Å². The average molecular weight is 791 g/mol. The van der Waals surface area contributed by atoms with Crippen molar-refractivity contribution < 1.29 is 63.5 Å². The molecular formula is C43H66O13. The molecule has 316 valence electrons. The predicted octanol–water partition coefficient (Wildman–Crippen LogP) is 4.97. The van der Waals surface area contributed by atoms with Gasteiger partial charge in [0.25, 0.3) is 0 Å². The Labute approximate surface area is 331 Å². The van der Waals surface area contributed by atoms with Gasteiger partial charge in [-0.15, -0.1) is 0 Å². The number of ether oxygens (including phenoxy) is 7. The Hall–Kier alpha value is -1.75. The van der Waals surface area contributed by atoms with Crippen molar-refractivity contribution in [1.29, 1.82) is 0 Å². The van der Waals surface area contributed by atoms with Gasteiger partial charge in [-0.2, -0.15) is 0 Å². The molecule has 56 heavy (non-hydrogen) atoms. The molecule has 6 fully saturated rings. The molecule has 6 saturated heterocycles. The van der Waals surface area contributed by atoms with E-state index in [-0.39, 0.29) is 36.6 Å². The Balaban J connectivity index is 0.915. The van der Waals surface area contributed by atoms with Crippen molar-refractivity contribution in [3.05, 3.63) is 36.0 Å². The van der Waals surface area contributed by atoms with E-state index in [1.54, 1.807) is 6.08 Å².